The van der Waals surface area contributed by atoms with Crippen LogP contribution in [-0.4, -0.2) is 11.4 Å². The number of aliphatic hydroxyl groups excluding tert-OH is 1. The summed E-state index contributed by atoms with van der Waals surface area (Å²) in [6.07, 6.45) is 0.391. The highest BCUT2D eigenvalue weighted by Crippen LogP contribution is 2.35. The summed E-state index contributed by atoms with van der Waals surface area (Å²) in [6, 6.07) is 10.0. The standard InChI is InChI=1S/C11H14O2/c1-8-7-10(13-11(8)12)9-5-3-2-4-6-9/h2-6,8,10-12H,7H2,1H3. The average Bonchev–Trinajstić information content (AvgIpc) is 2.49. The fourth-order valence-corrected chi connectivity index (χ4v) is 1.69. The Balaban J connectivity index is 2.12. The molecule has 13 heavy (non-hydrogen) atoms. The summed E-state index contributed by atoms with van der Waals surface area (Å²) in [5, 5.41) is 9.41. The van der Waals surface area contributed by atoms with E-state index in [1.165, 1.54) is 0 Å². The van der Waals surface area contributed by atoms with Gasteiger partial charge in [-0.05, 0) is 12.0 Å². The molecule has 1 N–H and O–H groups in total. The van der Waals surface area contributed by atoms with E-state index in [1.807, 2.05) is 37.3 Å². The molecule has 1 aliphatic heterocycles. The Kier molecular flexibility index (Phi) is 2.34. The van der Waals surface area contributed by atoms with Gasteiger partial charge in [-0.15, -0.1) is 0 Å². The molecular formula is C11H14O2. The molecule has 0 spiro atoms. The molecule has 2 rings (SSSR count). The summed E-state index contributed by atoms with van der Waals surface area (Å²) >= 11 is 0. The average molecular weight is 178 g/mol. The molecule has 0 aliphatic carbocycles. The maximum absolute atomic E-state index is 9.41. The molecule has 0 bridgehead atoms. The second kappa shape index (κ2) is 3.48. The van der Waals surface area contributed by atoms with Gasteiger partial charge in [0.05, 0.1) is 6.10 Å². The normalized spacial score (nSPS) is 33.5. The van der Waals surface area contributed by atoms with Crippen molar-refractivity contribution in [3.05, 3.63) is 35.9 Å². The fourth-order valence-electron chi connectivity index (χ4n) is 1.69. The molecule has 0 amide bonds. The second-order valence-electron chi connectivity index (χ2n) is 3.64. The van der Waals surface area contributed by atoms with E-state index in [0.717, 1.165) is 12.0 Å². The third-order valence-corrected chi connectivity index (χ3v) is 2.55. The SMILES string of the molecule is CC1CC(c2ccccc2)OC1O. The molecule has 1 aromatic rings. The van der Waals surface area contributed by atoms with Crippen LogP contribution in [0.25, 0.3) is 0 Å². The molecule has 3 atom stereocenters. The Morgan fingerprint density at radius 3 is 2.54 bits per heavy atom. The third-order valence-electron chi connectivity index (χ3n) is 2.55. The van der Waals surface area contributed by atoms with Crippen LogP contribution in [0.5, 0.6) is 0 Å². The zero-order valence-electron chi connectivity index (χ0n) is 7.68. The molecule has 3 unspecified atom stereocenters. The number of benzene rings is 1. The van der Waals surface area contributed by atoms with Crippen molar-refractivity contribution in [3.63, 3.8) is 0 Å². The Morgan fingerprint density at radius 2 is 2.00 bits per heavy atom. The van der Waals surface area contributed by atoms with Crippen molar-refractivity contribution >= 4 is 0 Å². The molecule has 0 aromatic heterocycles. The van der Waals surface area contributed by atoms with Gasteiger partial charge in [0.1, 0.15) is 0 Å². The van der Waals surface area contributed by atoms with Crippen molar-refractivity contribution in [2.24, 2.45) is 5.92 Å². The second-order valence-corrected chi connectivity index (χ2v) is 3.64. The Bertz CT molecular complexity index is 261. The van der Waals surface area contributed by atoms with Crippen LogP contribution < -0.4 is 0 Å². The van der Waals surface area contributed by atoms with Gasteiger partial charge in [0.2, 0.25) is 0 Å². The van der Waals surface area contributed by atoms with Crippen LogP contribution >= 0.6 is 0 Å². The van der Waals surface area contributed by atoms with E-state index >= 15 is 0 Å². The van der Waals surface area contributed by atoms with Crippen molar-refractivity contribution in [2.45, 2.75) is 25.7 Å². The number of hydrogen-bond donors (Lipinski definition) is 1. The summed E-state index contributed by atoms with van der Waals surface area (Å²) in [5.41, 5.74) is 1.16. The van der Waals surface area contributed by atoms with Crippen molar-refractivity contribution in [1.29, 1.82) is 0 Å². The van der Waals surface area contributed by atoms with E-state index in [4.69, 9.17) is 4.74 Å². The molecular weight excluding hydrogens is 164 g/mol. The minimum atomic E-state index is -0.592. The van der Waals surface area contributed by atoms with Crippen LogP contribution in [0.2, 0.25) is 0 Å². The van der Waals surface area contributed by atoms with Crippen molar-refractivity contribution in [3.8, 4) is 0 Å². The summed E-state index contributed by atoms with van der Waals surface area (Å²) in [7, 11) is 0. The zero-order chi connectivity index (χ0) is 9.26. The highest BCUT2D eigenvalue weighted by Gasteiger charge is 2.31. The Hall–Kier alpha value is -0.860. The van der Waals surface area contributed by atoms with E-state index in [1.54, 1.807) is 0 Å². The number of rotatable bonds is 1. The zero-order valence-corrected chi connectivity index (χ0v) is 7.68. The molecule has 70 valence electrons. The summed E-state index contributed by atoms with van der Waals surface area (Å²) in [5.74, 6) is 0.241. The summed E-state index contributed by atoms with van der Waals surface area (Å²) in [6.45, 7) is 2.01. The van der Waals surface area contributed by atoms with Crippen molar-refractivity contribution in [1.82, 2.24) is 0 Å². The van der Waals surface area contributed by atoms with Gasteiger partial charge < -0.3 is 9.84 Å². The van der Waals surface area contributed by atoms with Gasteiger partial charge in [0.15, 0.2) is 6.29 Å². The quantitative estimate of drug-likeness (QED) is 0.713. The minimum Gasteiger partial charge on any atom is -0.368 e. The number of hydrogen-bond acceptors (Lipinski definition) is 2. The molecule has 0 saturated carbocycles. The predicted octanol–water partition coefficient (Wildman–Crippen LogP) is 2.10. The van der Waals surface area contributed by atoms with Gasteiger partial charge in [-0.25, -0.2) is 0 Å². The number of ether oxygens (including phenoxy) is 1. The first-order chi connectivity index (χ1) is 6.27. The first kappa shape index (κ1) is 8.73. The monoisotopic (exact) mass is 178 g/mol. The van der Waals surface area contributed by atoms with Gasteiger partial charge >= 0.3 is 0 Å². The molecule has 1 fully saturated rings. The lowest BCUT2D eigenvalue weighted by Crippen LogP contribution is -2.10. The Morgan fingerprint density at radius 1 is 1.31 bits per heavy atom. The van der Waals surface area contributed by atoms with Crippen LogP contribution in [-0.2, 0) is 4.74 Å². The van der Waals surface area contributed by atoms with Gasteiger partial charge in [0, 0.05) is 5.92 Å². The van der Waals surface area contributed by atoms with Crippen molar-refractivity contribution < 1.29 is 9.84 Å². The first-order valence-corrected chi connectivity index (χ1v) is 4.66. The lowest BCUT2D eigenvalue weighted by molar-refractivity contribution is -0.106. The highest BCUT2D eigenvalue weighted by atomic mass is 16.6. The van der Waals surface area contributed by atoms with Gasteiger partial charge in [-0.3, -0.25) is 0 Å². The maximum atomic E-state index is 9.41. The van der Waals surface area contributed by atoms with Gasteiger partial charge in [-0.1, -0.05) is 37.3 Å². The van der Waals surface area contributed by atoms with E-state index in [0.29, 0.717) is 0 Å². The molecule has 1 aliphatic rings. The van der Waals surface area contributed by atoms with Crippen LogP contribution in [0.4, 0.5) is 0 Å². The fraction of sp³-hybridized carbons (Fsp3) is 0.455. The number of aliphatic hydroxyl groups is 1. The van der Waals surface area contributed by atoms with E-state index in [-0.39, 0.29) is 12.0 Å². The van der Waals surface area contributed by atoms with Crippen LogP contribution in [0.1, 0.15) is 25.0 Å². The van der Waals surface area contributed by atoms with Crippen LogP contribution in [0.3, 0.4) is 0 Å². The van der Waals surface area contributed by atoms with Gasteiger partial charge in [0.25, 0.3) is 0 Å². The summed E-state index contributed by atoms with van der Waals surface area (Å²) in [4.78, 5) is 0. The summed E-state index contributed by atoms with van der Waals surface area (Å²) < 4.78 is 5.42. The van der Waals surface area contributed by atoms with E-state index in [9.17, 15) is 5.11 Å². The van der Waals surface area contributed by atoms with Crippen LogP contribution in [0, 0.1) is 5.92 Å². The maximum Gasteiger partial charge on any atom is 0.158 e. The predicted molar refractivity (Wildman–Crippen MR) is 50.1 cm³/mol. The molecule has 1 heterocycles. The third kappa shape index (κ3) is 1.74. The Labute approximate surface area is 78.2 Å². The molecule has 2 nitrogen and oxygen atoms in total. The molecule has 2 heteroatoms. The highest BCUT2D eigenvalue weighted by molar-refractivity contribution is 5.18. The van der Waals surface area contributed by atoms with Crippen LogP contribution in [0.15, 0.2) is 30.3 Å². The lowest BCUT2D eigenvalue weighted by atomic mass is 10.0. The van der Waals surface area contributed by atoms with E-state index < -0.39 is 6.29 Å². The minimum absolute atomic E-state index is 0.0752. The lowest BCUT2D eigenvalue weighted by Gasteiger charge is -2.09. The molecule has 0 radical (unpaired) electrons. The van der Waals surface area contributed by atoms with E-state index in [2.05, 4.69) is 0 Å². The van der Waals surface area contributed by atoms with Gasteiger partial charge in [-0.2, -0.15) is 0 Å². The topological polar surface area (TPSA) is 29.5 Å². The first-order valence-electron chi connectivity index (χ1n) is 4.66. The molecule has 1 saturated heterocycles. The largest absolute Gasteiger partial charge is 0.368 e. The van der Waals surface area contributed by atoms with Crippen molar-refractivity contribution in [2.75, 3.05) is 0 Å². The molecule has 1 aromatic carbocycles. The smallest absolute Gasteiger partial charge is 0.158 e.